The van der Waals surface area contributed by atoms with Crippen LogP contribution >= 0.6 is 7.82 Å². The second-order valence-corrected chi connectivity index (χ2v) is 15.3. The minimum Gasteiger partial charge on any atom is -0.462 e. The number of hydrogen-bond acceptors (Lipinski definition) is 6. The second-order valence-electron chi connectivity index (χ2n) is 14.0. The molecule has 0 rings (SSSR count). The average Bonchev–Trinajstić information content (AvgIpc) is 3.11. The molecule has 0 radical (unpaired) electrons. The molecule has 0 aromatic heterocycles. The van der Waals surface area contributed by atoms with E-state index in [-0.39, 0.29) is 13.0 Å². The number of ether oxygens (including phenoxy) is 2. The number of carbonyl (C=O) groups is 2. The summed E-state index contributed by atoms with van der Waals surface area (Å²) < 4.78 is 26.2. The first kappa shape index (κ1) is 50.0. The van der Waals surface area contributed by atoms with Gasteiger partial charge in [0.1, 0.15) is 6.61 Å². The van der Waals surface area contributed by atoms with Gasteiger partial charge < -0.3 is 19.3 Å². The molecule has 2 N–H and O–H groups in total. The molecule has 52 heavy (non-hydrogen) atoms. The van der Waals surface area contributed by atoms with E-state index in [9.17, 15) is 14.2 Å². The van der Waals surface area contributed by atoms with Crippen molar-refractivity contribution in [3.63, 3.8) is 0 Å². The first-order chi connectivity index (χ1) is 25.3. The fourth-order valence-electron chi connectivity index (χ4n) is 5.78. The molecule has 0 bridgehead atoms. The Balaban J connectivity index is 4.00. The van der Waals surface area contributed by atoms with E-state index in [0.717, 1.165) is 44.9 Å². The summed E-state index contributed by atoms with van der Waals surface area (Å²) in [6, 6.07) is 0. The first-order valence-corrected chi connectivity index (χ1v) is 22.5. The third-order valence-electron chi connectivity index (χ3n) is 8.93. The van der Waals surface area contributed by atoms with Crippen LogP contribution in [0, 0.1) is 0 Å². The van der Waals surface area contributed by atoms with Gasteiger partial charge in [-0.1, -0.05) is 178 Å². The van der Waals surface area contributed by atoms with E-state index >= 15 is 0 Å². The molecule has 0 fully saturated rings. The molecular formula is C43H77O8P. The summed E-state index contributed by atoms with van der Waals surface area (Å²) in [7, 11) is -4.78. The lowest BCUT2D eigenvalue weighted by molar-refractivity contribution is -0.157. The molecule has 8 nitrogen and oxygen atoms in total. The van der Waals surface area contributed by atoms with E-state index in [1.54, 1.807) is 12.2 Å². The van der Waals surface area contributed by atoms with Gasteiger partial charge in [0.25, 0.3) is 0 Å². The number of hydrogen-bond donors (Lipinski definition) is 2. The van der Waals surface area contributed by atoms with Crippen LogP contribution < -0.4 is 0 Å². The smallest absolute Gasteiger partial charge is 0.462 e. The zero-order chi connectivity index (χ0) is 38.2. The third-order valence-corrected chi connectivity index (χ3v) is 9.41. The molecule has 0 heterocycles. The highest BCUT2D eigenvalue weighted by molar-refractivity contribution is 7.46. The van der Waals surface area contributed by atoms with Crippen LogP contribution in [-0.2, 0) is 28.2 Å². The number of phosphoric acid groups is 1. The Kier molecular flexibility index (Phi) is 37.2. The summed E-state index contributed by atoms with van der Waals surface area (Å²) >= 11 is 0. The molecule has 0 aliphatic heterocycles. The summed E-state index contributed by atoms with van der Waals surface area (Å²) in [5, 5.41) is 0. The lowest BCUT2D eigenvalue weighted by Crippen LogP contribution is -2.29. The minimum atomic E-state index is -4.78. The molecule has 0 spiro atoms. The van der Waals surface area contributed by atoms with Crippen LogP contribution in [0.3, 0.4) is 0 Å². The molecule has 9 heteroatoms. The maximum atomic E-state index is 12.3. The van der Waals surface area contributed by atoms with Crippen LogP contribution in [0.15, 0.2) is 48.6 Å². The van der Waals surface area contributed by atoms with Gasteiger partial charge in [0.05, 0.1) is 6.61 Å². The molecule has 1 atom stereocenters. The molecule has 0 saturated heterocycles. The fraction of sp³-hybridized carbons (Fsp3) is 0.767. The minimum absolute atomic E-state index is 0.242. The van der Waals surface area contributed by atoms with Crippen molar-refractivity contribution >= 4 is 19.8 Å². The van der Waals surface area contributed by atoms with E-state index in [2.05, 4.69) is 42.7 Å². The van der Waals surface area contributed by atoms with Crippen molar-refractivity contribution in [2.75, 3.05) is 13.2 Å². The Bertz CT molecular complexity index is 984. The lowest BCUT2D eigenvalue weighted by atomic mass is 10.1. The molecular weight excluding hydrogens is 675 g/mol. The third kappa shape index (κ3) is 40.8. The van der Waals surface area contributed by atoms with E-state index in [1.807, 2.05) is 6.08 Å². The SMILES string of the molecule is CCCCC/C=C/C/C=C/CCCCCCCCCCCC(=O)OC[C@H](COP(=O)(O)O)OC(=O)/C=C/C=C/CCCCCCCCCCCCC. The lowest BCUT2D eigenvalue weighted by Gasteiger charge is -2.17. The van der Waals surface area contributed by atoms with Gasteiger partial charge >= 0.3 is 19.8 Å². The standard InChI is InChI=1S/C43H77O8P/c1-3-5-7-9-11-13-15-17-19-20-21-22-24-25-27-29-31-33-35-37-42(44)49-39-41(40-50-52(46,47)48)51-43(45)38-36-34-32-30-28-26-23-18-16-14-12-10-8-6-4-2/h11,13,17,19,32,34,36,38,41H,3-10,12,14-16,18,20-31,33,35,37,39-40H2,1-2H3,(H2,46,47,48)/b13-11+,19-17+,34-32+,38-36+/t41-/m1/s1. The van der Waals surface area contributed by atoms with Crippen molar-refractivity contribution in [1.82, 2.24) is 0 Å². The molecule has 0 aliphatic rings. The summed E-state index contributed by atoms with van der Waals surface area (Å²) in [5.74, 6) is -1.14. The maximum Gasteiger partial charge on any atom is 0.469 e. The number of carbonyl (C=O) groups excluding carboxylic acids is 2. The summed E-state index contributed by atoms with van der Waals surface area (Å²) in [4.78, 5) is 42.7. The molecule has 0 unspecified atom stereocenters. The van der Waals surface area contributed by atoms with E-state index < -0.39 is 32.5 Å². The zero-order valence-corrected chi connectivity index (χ0v) is 34.1. The van der Waals surface area contributed by atoms with Crippen molar-refractivity contribution in [3.8, 4) is 0 Å². The number of allylic oxidation sites excluding steroid dienone is 7. The van der Waals surface area contributed by atoms with Crippen LogP contribution in [0.25, 0.3) is 0 Å². The second kappa shape index (κ2) is 38.7. The van der Waals surface area contributed by atoms with E-state index in [1.165, 1.54) is 128 Å². The fourth-order valence-corrected chi connectivity index (χ4v) is 6.14. The summed E-state index contributed by atoms with van der Waals surface area (Å²) in [6.07, 6.45) is 47.5. The van der Waals surface area contributed by atoms with Crippen LogP contribution in [0.2, 0.25) is 0 Å². The Morgan fingerprint density at radius 3 is 1.52 bits per heavy atom. The van der Waals surface area contributed by atoms with Gasteiger partial charge in [-0.25, -0.2) is 9.36 Å². The highest BCUT2D eigenvalue weighted by Gasteiger charge is 2.22. The predicted octanol–water partition coefficient (Wildman–Crippen LogP) is 12.7. The van der Waals surface area contributed by atoms with Crippen molar-refractivity contribution in [1.29, 1.82) is 0 Å². The highest BCUT2D eigenvalue weighted by atomic mass is 31.2. The van der Waals surface area contributed by atoms with E-state index in [4.69, 9.17) is 19.3 Å². The van der Waals surface area contributed by atoms with Gasteiger partial charge in [0.2, 0.25) is 0 Å². The van der Waals surface area contributed by atoms with Gasteiger partial charge in [-0.15, -0.1) is 0 Å². The predicted molar refractivity (Wildman–Crippen MR) is 216 cm³/mol. The van der Waals surface area contributed by atoms with Crippen molar-refractivity contribution in [2.24, 2.45) is 0 Å². The van der Waals surface area contributed by atoms with Crippen LogP contribution in [0.1, 0.15) is 194 Å². The molecule has 0 aromatic carbocycles. The van der Waals surface area contributed by atoms with Gasteiger partial charge in [-0.05, 0) is 51.4 Å². The Morgan fingerprint density at radius 1 is 0.558 bits per heavy atom. The first-order valence-electron chi connectivity index (χ1n) is 21.0. The monoisotopic (exact) mass is 753 g/mol. The highest BCUT2D eigenvalue weighted by Crippen LogP contribution is 2.35. The quantitative estimate of drug-likeness (QED) is 0.0160. The molecule has 0 amide bonds. The summed E-state index contributed by atoms with van der Waals surface area (Å²) in [6.45, 7) is 3.56. The van der Waals surface area contributed by atoms with Crippen LogP contribution in [-0.4, -0.2) is 41.0 Å². The number of unbranched alkanes of at least 4 members (excludes halogenated alkanes) is 23. The Hall–Kier alpha value is -1.99. The average molecular weight is 753 g/mol. The Labute approximate surface area is 318 Å². The zero-order valence-electron chi connectivity index (χ0n) is 33.2. The van der Waals surface area contributed by atoms with Gasteiger partial charge in [0, 0.05) is 12.5 Å². The van der Waals surface area contributed by atoms with Crippen LogP contribution in [0.4, 0.5) is 0 Å². The van der Waals surface area contributed by atoms with Gasteiger partial charge in [-0.3, -0.25) is 9.32 Å². The molecule has 0 saturated carbocycles. The molecule has 302 valence electrons. The largest absolute Gasteiger partial charge is 0.469 e. The van der Waals surface area contributed by atoms with E-state index in [0.29, 0.717) is 6.42 Å². The van der Waals surface area contributed by atoms with Gasteiger partial charge in [0.15, 0.2) is 6.10 Å². The maximum absolute atomic E-state index is 12.3. The van der Waals surface area contributed by atoms with Crippen molar-refractivity contribution < 1.29 is 37.9 Å². The normalized spacial score (nSPS) is 12.9. The summed E-state index contributed by atoms with van der Waals surface area (Å²) in [5.41, 5.74) is 0. The number of rotatable bonds is 38. The number of esters is 2. The van der Waals surface area contributed by atoms with Crippen LogP contribution in [0.5, 0.6) is 0 Å². The van der Waals surface area contributed by atoms with Gasteiger partial charge in [-0.2, -0.15) is 0 Å². The Morgan fingerprint density at radius 2 is 1.00 bits per heavy atom. The van der Waals surface area contributed by atoms with Crippen molar-refractivity contribution in [2.45, 2.75) is 200 Å². The van der Waals surface area contributed by atoms with Crippen molar-refractivity contribution in [3.05, 3.63) is 48.6 Å². The number of phosphoric ester groups is 1. The molecule has 0 aromatic rings. The molecule has 0 aliphatic carbocycles. The topological polar surface area (TPSA) is 119 Å².